The summed E-state index contributed by atoms with van der Waals surface area (Å²) in [5.74, 6) is 1.34. The molecule has 3 aliphatic rings. The SMILES string of the molecule is O=C(CCCN1C(=O)C(=Cc2ccc3c(c2)OCO3)SC1=S)NC1CCCC1. The van der Waals surface area contributed by atoms with E-state index >= 15 is 0 Å². The van der Waals surface area contributed by atoms with Gasteiger partial charge in [-0.05, 0) is 43.0 Å². The van der Waals surface area contributed by atoms with Crippen molar-refractivity contribution in [2.45, 2.75) is 44.6 Å². The first-order chi connectivity index (χ1) is 13.6. The maximum atomic E-state index is 12.7. The van der Waals surface area contributed by atoms with Gasteiger partial charge in [0.05, 0.1) is 4.91 Å². The Morgan fingerprint density at radius 2 is 2.07 bits per heavy atom. The quantitative estimate of drug-likeness (QED) is 0.564. The second kappa shape index (κ2) is 8.53. The molecule has 1 aromatic carbocycles. The molecule has 148 valence electrons. The standard InChI is InChI=1S/C20H22N2O4S2/c23-18(21-14-4-1-2-5-14)6-3-9-22-19(24)17(28-20(22)27)11-13-7-8-15-16(10-13)26-12-25-15/h7-8,10-11,14H,1-6,9,12H2,(H,21,23). The summed E-state index contributed by atoms with van der Waals surface area (Å²) in [5, 5.41) is 3.07. The Labute approximate surface area is 173 Å². The van der Waals surface area contributed by atoms with E-state index < -0.39 is 0 Å². The zero-order valence-corrected chi connectivity index (χ0v) is 17.1. The van der Waals surface area contributed by atoms with E-state index in [0.717, 1.165) is 18.4 Å². The molecule has 1 saturated heterocycles. The first-order valence-corrected chi connectivity index (χ1v) is 10.8. The number of thiocarbonyl (C=S) groups is 1. The second-order valence-electron chi connectivity index (χ2n) is 7.10. The fraction of sp³-hybridized carbons (Fsp3) is 0.450. The molecule has 1 aliphatic carbocycles. The van der Waals surface area contributed by atoms with Crippen molar-refractivity contribution in [1.82, 2.24) is 10.2 Å². The number of amides is 2. The third kappa shape index (κ3) is 4.33. The minimum atomic E-state index is -0.108. The number of nitrogens with one attached hydrogen (secondary N) is 1. The van der Waals surface area contributed by atoms with Crippen molar-refractivity contribution in [1.29, 1.82) is 0 Å². The average molecular weight is 419 g/mol. The van der Waals surface area contributed by atoms with Crippen molar-refractivity contribution in [3.63, 3.8) is 0 Å². The lowest BCUT2D eigenvalue weighted by molar-refractivity contribution is -0.124. The molecule has 4 rings (SSSR count). The molecule has 8 heteroatoms. The van der Waals surface area contributed by atoms with E-state index in [-0.39, 0.29) is 18.6 Å². The van der Waals surface area contributed by atoms with Gasteiger partial charge in [0.1, 0.15) is 4.32 Å². The molecule has 28 heavy (non-hydrogen) atoms. The van der Waals surface area contributed by atoms with Crippen LogP contribution in [0.1, 0.15) is 44.1 Å². The van der Waals surface area contributed by atoms with Gasteiger partial charge in [0.15, 0.2) is 11.5 Å². The number of nitrogens with zero attached hydrogens (tertiary/aromatic N) is 1. The summed E-state index contributed by atoms with van der Waals surface area (Å²) in [6, 6.07) is 5.89. The van der Waals surface area contributed by atoms with Gasteiger partial charge in [0.2, 0.25) is 12.7 Å². The largest absolute Gasteiger partial charge is 0.454 e. The Morgan fingerprint density at radius 3 is 2.89 bits per heavy atom. The number of hydrogen-bond donors (Lipinski definition) is 1. The third-order valence-corrected chi connectivity index (χ3v) is 6.45. The number of thioether (sulfide) groups is 1. The van der Waals surface area contributed by atoms with E-state index in [0.29, 0.717) is 46.2 Å². The van der Waals surface area contributed by atoms with Gasteiger partial charge in [-0.1, -0.05) is 42.9 Å². The summed E-state index contributed by atoms with van der Waals surface area (Å²) in [6.45, 7) is 0.677. The summed E-state index contributed by atoms with van der Waals surface area (Å²) >= 11 is 6.66. The van der Waals surface area contributed by atoms with Crippen molar-refractivity contribution in [3.05, 3.63) is 28.7 Å². The van der Waals surface area contributed by atoms with E-state index in [4.69, 9.17) is 21.7 Å². The Kier molecular flexibility index (Phi) is 5.87. The van der Waals surface area contributed by atoms with Crippen molar-refractivity contribution in [2.75, 3.05) is 13.3 Å². The van der Waals surface area contributed by atoms with Crippen LogP contribution in [0.4, 0.5) is 0 Å². The highest BCUT2D eigenvalue weighted by Crippen LogP contribution is 2.36. The van der Waals surface area contributed by atoms with Crippen LogP contribution in [0.25, 0.3) is 6.08 Å². The topological polar surface area (TPSA) is 67.9 Å². The van der Waals surface area contributed by atoms with Crippen LogP contribution >= 0.6 is 24.0 Å². The van der Waals surface area contributed by atoms with Crippen molar-refractivity contribution < 1.29 is 19.1 Å². The second-order valence-corrected chi connectivity index (χ2v) is 8.77. The van der Waals surface area contributed by atoms with Crippen LogP contribution in [-0.4, -0.2) is 40.4 Å². The summed E-state index contributed by atoms with van der Waals surface area (Å²) in [5.41, 5.74) is 0.862. The van der Waals surface area contributed by atoms with Crippen LogP contribution < -0.4 is 14.8 Å². The summed E-state index contributed by atoms with van der Waals surface area (Å²) in [4.78, 5) is 26.9. The molecule has 0 bridgehead atoms. The van der Waals surface area contributed by atoms with Crippen LogP contribution in [0.15, 0.2) is 23.1 Å². The van der Waals surface area contributed by atoms with Gasteiger partial charge in [-0.2, -0.15) is 0 Å². The summed E-state index contributed by atoms with van der Waals surface area (Å²) in [7, 11) is 0. The molecule has 6 nitrogen and oxygen atoms in total. The number of benzene rings is 1. The molecule has 2 amide bonds. The lowest BCUT2D eigenvalue weighted by Crippen LogP contribution is -2.34. The smallest absolute Gasteiger partial charge is 0.266 e. The Morgan fingerprint density at radius 1 is 1.29 bits per heavy atom. The third-order valence-electron chi connectivity index (χ3n) is 5.07. The summed E-state index contributed by atoms with van der Waals surface area (Å²) in [6.07, 6.45) is 7.36. The molecule has 1 saturated carbocycles. The zero-order valence-electron chi connectivity index (χ0n) is 15.4. The van der Waals surface area contributed by atoms with Crippen LogP contribution in [0.3, 0.4) is 0 Å². The fourth-order valence-electron chi connectivity index (χ4n) is 3.61. The zero-order chi connectivity index (χ0) is 19.5. The minimum Gasteiger partial charge on any atom is -0.454 e. The van der Waals surface area contributed by atoms with Crippen molar-refractivity contribution in [2.24, 2.45) is 0 Å². The average Bonchev–Trinajstić information content (AvgIpc) is 3.39. The first kappa shape index (κ1) is 19.3. The number of rotatable bonds is 6. The van der Waals surface area contributed by atoms with Crippen molar-refractivity contribution in [3.8, 4) is 11.5 Å². The highest BCUT2D eigenvalue weighted by molar-refractivity contribution is 8.26. The number of carbonyl (C=O) groups is 2. The Bertz CT molecular complexity index is 833. The molecular formula is C20H22N2O4S2. The van der Waals surface area contributed by atoms with E-state index in [1.54, 1.807) is 4.90 Å². The molecule has 1 N–H and O–H groups in total. The molecule has 0 spiro atoms. The highest BCUT2D eigenvalue weighted by Gasteiger charge is 2.31. The molecule has 0 atom stereocenters. The van der Waals surface area contributed by atoms with Crippen LogP contribution in [-0.2, 0) is 9.59 Å². The monoisotopic (exact) mass is 418 g/mol. The first-order valence-electron chi connectivity index (χ1n) is 9.54. The lowest BCUT2D eigenvalue weighted by Gasteiger charge is -2.15. The summed E-state index contributed by atoms with van der Waals surface area (Å²) < 4.78 is 11.2. The van der Waals surface area contributed by atoms with Gasteiger partial charge < -0.3 is 14.8 Å². The van der Waals surface area contributed by atoms with E-state index in [1.807, 2.05) is 24.3 Å². The van der Waals surface area contributed by atoms with Crippen LogP contribution in [0.2, 0.25) is 0 Å². The van der Waals surface area contributed by atoms with Gasteiger partial charge in [0, 0.05) is 19.0 Å². The molecule has 2 heterocycles. The molecule has 0 unspecified atom stereocenters. The van der Waals surface area contributed by atoms with E-state index in [9.17, 15) is 9.59 Å². The van der Waals surface area contributed by atoms with Crippen LogP contribution in [0, 0.1) is 0 Å². The normalized spacial score (nSPS) is 20.4. The number of hydrogen-bond acceptors (Lipinski definition) is 6. The Hall–Kier alpha value is -2.06. The Balaban J connectivity index is 1.31. The number of carbonyl (C=O) groups excluding carboxylic acids is 2. The van der Waals surface area contributed by atoms with Crippen LogP contribution in [0.5, 0.6) is 11.5 Å². The lowest BCUT2D eigenvalue weighted by atomic mass is 10.2. The van der Waals surface area contributed by atoms with E-state index in [1.165, 1.54) is 24.6 Å². The molecule has 1 aromatic rings. The number of fused-ring (bicyclic) bond motifs is 1. The minimum absolute atomic E-state index is 0.0632. The van der Waals surface area contributed by atoms with E-state index in [2.05, 4.69) is 5.32 Å². The molecule has 0 aromatic heterocycles. The van der Waals surface area contributed by atoms with Gasteiger partial charge >= 0.3 is 0 Å². The molecule has 0 radical (unpaired) electrons. The maximum absolute atomic E-state index is 12.7. The number of ether oxygens (including phenoxy) is 2. The van der Waals surface area contributed by atoms with Gasteiger partial charge in [0.25, 0.3) is 5.91 Å². The highest BCUT2D eigenvalue weighted by atomic mass is 32.2. The fourth-order valence-corrected chi connectivity index (χ4v) is 4.92. The molecular weight excluding hydrogens is 396 g/mol. The molecule has 2 fully saturated rings. The van der Waals surface area contributed by atoms with Gasteiger partial charge in [-0.15, -0.1) is 0 Å². The maximum Gasteiger partial charge on any atom is 0.266 e. The van der Waals surface area contributed by atoms with Gasteiger partial charge in [-0.3, -0.25) is 14.5 Å². The van der Waals surface area contributed by atoms with Gasteiger partial charge in [-0.25, -0.2) is 0 Å². The molecule has 2 aliphatic heterocycles. The van der Waals surface area contributed by atoms with Crippen molar-refractivity contribution >= 4 is 46.2 Å². The predicted octanol–water partition coefficient (Wildman–Crippen LogP) is 3.46. The predicted molar refractivity (Wildman–Crippen MR) is 112 cm³/mol.